The summed E-state index contributed by atoms with van der Waals surface area (Å²) >= 11 is 1.25. The van der Waals surface area contributed by atoms with Crippen LogP contribution in [0.25, 0.3) is 4.83 Å². The summed E-state index contributed by atoms with van der Waals surface area (Å²) in [6, 6.07) is 3.85. The zero-order valence-electron chi connectivity index (χ0n) is 11.8. The molecule has 0 aromatic carbocycles. The van der Waals surface area contributed by atoms with Crippen LogP contribution in [0.2, 0.25) is 0 Å². The maximum Gasteiger partial charge on any atom is 0.357 e. The Bertz CT molecular complexity index is 641. The first-order valence-corrected chi connectivity index (χ1v) is 7.42. The molecule has 0 N–H and O–H groups in total. The molecular formula is C14H17NO4S. The van der Waals surface area contributed by atoms with Gasteiger partial charge in [-0.1, -0.05) is 6.92 Å². The number of carbonyl (C=O) groups is 2. The number of rotatable bonds is 5. The summed E-state index contributed by atoms with van der Waals surface area (Å²) in [5.74, 6) is -0.973. The highest BCUT2D eigenvalue weighted by Crippen LogP contribution is 2.28. The van der Waals surface area contributed by atoms with Crippen molar-refractivity contribution in [2.75, 3.05) is 13.2 Å². The largest absolute Gasteiger partial charge is 0.462 e. The first-order chi connectivity index (χ1) is 9.63. The van der Waals surface area contributed by atoms with E-state index in [2.05, 4.69) is 0 Å². The van der Waals surface area contributed by atoms with Crippen LogP contribution in [-0.4, -0.2) is 29.6 Å². The Hall–Kier alpha value is -1.82. The molecule has 108 valence electrons. The van der Waals surface area contributed by atoms with Crippen molar-refractivity contribution >= 4 is 28.1 Å². The molecule has 0 atom stereocenters. The van der Waals surface area contributed by atoms with Crippen LogP contribution >= 0.6 is 11.3 Å². The summed E-state index contributed by atoms with van der Waals surface area (Å²) in [7, 11) is 0. The molecule has 0 bridgehead atoms. The third kappa shape index (κ3) is 2.43. The molecule has 2 aromatic rings. The summed E-state index contributed by atoms with van der Waals surface area (Å²) in [6.07, 6.45) is 0.763. The van der Waals surface area contributed by atoms with E-state index in [1.54, 1.807) is 18.2 Å². The van der Waals surface area contributed by atoms with Gasteiger partial charge in [-0.15, -0.1) is 11.3 Å². The van der Waals surface area contributed by atoms with Crippen molar-refractivity contribution in [3.8, 4) is 0 Å². The molecule has 2 aromatic heterocycles. The molecule has 0 saturated carbocycles. The summed E-state index contributed by atoms with van der Waals surface area (Å²) in [5, 5.41) is 0. The van der Waals surface area contributed by atoms with E-state index in [4.69, 9.17) is 9.47 Å². The fraction of sp³-hybridized carbons (Fsp3) is 0.429. The zero-order valence-corrected chi connectivity index (χ0v) is 12.6. The van der Waals surface area contributed by atoms with Crippen LogP contribution in [0.3, 0.4) is 0 Å². The van der Waals surface area contributed by atoms with E-state index in [9.17, 15) is 9.59 Å². The number of ether oxygens (including phenoxy) is 2. The van der Waals surface area contributed by atoms with Crippen LogP contribution in [0.1, 0.15) is 46.6 Å². The second-order valence-electron chi connectivity index (χ2n) is 4.07. The van der Waals surface area contributed by atoms with Gasteiger partial charge in [0.25, 0.3) is 0 Å². The molecule has 0 spiro atoms. The quantitative estimate of drug-likeness (QED) is 0.796. The molecule has 20 heavy (non-hydrogen) atoms. The Balaban J connectivity index is 2.61. The predicted octanol–water partition coefficient (Wildman–Crippen LogP) is 2.92. The van der Waals surface area contributed by atoms with E-state index in [0.717, 1.165) is 16.9 Å². The molecule has 2 heterocycles. The van der Waals surface area contributed by atoms with Gasteiger partial charge < -0.3 is 9.47 Å². The summed E-state index contributed by atoms with van der Waals surface area (Å²) in [4.78, 5) is 25.3. The van der Waals surface area contributed by atoms with E-state index in [-0.39, 0.29) is 18.9 Å². The maximum atomic E-state index is 12.2. The minimum absolute atomic E-state index is 0.265. The highest BCUT2D eigenvalue weighted by Gasteiger charge is 2.27. The molecular weight excluding hydrogens is 278 g/mol. The number of hydrogen-bond donors (Lipinski definition) is 0. The molecule has 0 saturated heterocycles. The third-order valence-electron chi connectivity index (χ3n) is 2.86. The van der Waals surface area contributed by atoms with E-state index in [0.29, 0.717) is 4.88 Å². The Kier molecular flexibility index (Phi) is 4.44. The number of hydrogen-bond acceptors (Lipinski definition) is 5. The predicted molar refractivity (Wildman–Crippen MR) is 76.6 cm³/mol. The zero-order chi connectivity index (χ0) is 14.7. The standard InChI is InChI=1S/C14H17NO4S/c1-4-9-7-8-10-15(9)11(13(16)18-5-2)12(20-10)14(17)19-6-3/h7-8H,4-6H2,1-3H3. The fourth-order valence-corrected chi connectivity index (χ4v) is 3.10. The molecule has 0 aliphatic rings. The molecule has 0 amide bonds. The van der Waals surface area contributed by atoms with Crippen molar-refractivity contribution in [3.63, 3.8) is 0 Å². The van der Waals surface area contributed by atoms with Gasteiger partial charge in [-0.05, 0) is 32.4 Å². The Morgan fingerprint density at radius 1 is 1.10 bits per heavy atom. The monoisotopic (exact) mass is 295 g/mol. The van der Waals surface area contributed by atoms with Gasteiger partial charge in [0, 0.05) is 5.69 Å². The first-order valence-electron chi connectivity index (χ1n) is 6.61. The van der Waals surface area contributed by atoms with Gasteiger partial charge in [-0.2, -0.15) is 0 Å². The number of fused-ring (bicyclic) bond motifs is 1. The average molecular weight is 295 g/mol. The van der Waals surface area contributed by atoms with Crippen LogP contribution in [-0.2, 0) is 15.9 Å². The van der Waals surface area contributed by atoms with Gasteiger partial charge in [0.15, 0.2) is 5.69 Å². The molecule has 0 radical (unpaired) electrons. The van der Waals surface area contributed by atoms with Gasteiger partial charge in [0.2, 0.25) is 0 Å². The second-order valence-corrected chi connectivity index (χ2v) is 5.10. The van der Waals surface area contributed by atoms with Gasteiger partial charge in [0.05, 0.1) is 13.2 Å². The molecule has 0 aliphatic heterocycles. The van der Waals surface area contributed by atoms with Crippen LogP contribution < -0.4 is 0 Å². The third-order valence-corrected chi connectivity index (χ3v) is 3.95. The van der Waals surface area contributed by atoms with Gasteiger partial charge in [-0.3, -0.25) is 4.40 Å². The van der Waals surface area contributed by atoms with Crippen LogP contribution in [0, 0.1) is 0 Å². The Morgan fingerprint density at radius 2 is 1.75 bits per heavy atom. The summed E-state index contributed by atoms with van der Waals surface area (Å²) in [5.41, 5.74) is 1.24. The lowest BCUT2D eigenvalue weighted by Gasteiger charge is -2.06. The van der Waals surface area contributed by atoms with Crippen molar-refractivity contribution in [3.05, 3.63) is 28.4 Å². The lowest BCUT2D eigenvalue weighted by molar-refractivity contribution is 0.0477. The number of aryl methyl sites for hydroxylation is 1. The molecule has 0 unspecified atom stereocenters. The van der Waals surface area contributed by atoms with Crippen molar-refractivity contribution in [1.29, 1.82) is 0 Å². The molecule has 2 rings (SSSR count). The van der Waals surface area contributed by atoms with Crippen molar-refractivity contribution in [1.82, 2.24) is 4.40 Å². The fourth-order valence-electron chi connectivity index (χ4n) is 2.04. The van der Waals surface area contributed by atoms with Gasteiger partial charge >= 0.3 is 11.9 Å². The Morgan fingerprint density at radius 3 is 2.35 bits per heavy atom. The lowest BCUT2D eigenvalue weighted by atomic mass is 10.3. The first kappa shape index (κ1) is 14.6. The molecule has 0 fully saturated rings. The van der Waals surface area contributed by atoms with Crippen molar-refractivity contribution in [2.24, 2.45) is 0 Å². The minimum Gasteiger partial charge on any atom is -0.462 e. The molecule has 6 heteroatoms. The topological polar surface area (TPSA) is 57.0 Å². The second kappa shape index (κ2) is 6.09. The normalized spacial score (nSPS) is 10.8. The number of aromatic nitrogens is 1. The van der Waals surface area contributed by atoms with E-state index in [1.807, 2.05) is 19.1 Å². The highest BCUT2D eigenvalue weighted by molar-refractivity contribution is 7.19. The SMILES string of the molecule is CCOC(=O)c1sc2ccc(CC)n2c1C(=O)OCC. The van der Waals surface area contributed by atoms with Gasteiger partial charge in [-0.25, -0.2) is 9.59 Å². The lowest BCUT2D eigenvalue weighted by Crippen LogP contribution is -2.15. The molecule has 0 aliphatic carbocycles. The summed E-state index contributed by atoms with van der Waals surface area (Å²) in [6.45, 7) is 6.01. The van der Waals surface area contributed by atoms with Crippen LogP contribution in [0.5, 0.6) is 0 Å². The smallest absolute Gasteiger partial charge is 0.357 e. The van der Waals surface area contributed by atoms with Crippen LogP contribution in [0.15, 0.2) is 12.1 Å². The van der Waals surface area contributed by atoms with E-state index < -0.39 is 11.9 Å². The van der Waals surface area contributed by atoms with E-state index >= 15 is 0 Å². The highest BCUT2D eigenvalue weighted by atomic mass is 32.1. The minimum atomic E-state index is -0.493. The van der Waals surface area contributed by atoms with E-state index in [1.165, 1.54) is 11.3 Å². The van der Waals surface area contributed by atoms with Crippen LogP contribution in [0.4, 0.5) is 0 Å². The van der Waals surface area contributed by atoms with Gasteiger partial charge in [0.1, 0.15) is 9.71 Å². The molecule has 5 nitrogen and oxygen atoms in total. The van der Waals surface area contributed by atoms with Crippen molar-refractivity contribution in [2.45, 2.75) is 27.2 Å². The Labute approximate surface area is 121 Å². The summed E-state index contributed by atoms with van der Waals surface area (Å²) < 4.78 is 11.9. The number of nitrogens with zero attached hydrogens (tertiary/aromatic N) is 1. The average Bonchev–Trinajstić information content (AvgIpc) is 2.97. The number of thiazole rings is 1. The maximum absolute atomic E-state index is 12.2. The number of esters is 2. The van der Waals surface area contributed by atoms with Crippen molar-refractivity contribution < 1.29 is 19.1 Å². The number of carbonyl (C=O) groups excluding carboxylic acids is 2.